The van der Waals surface area contributed by atoms with Gasteiger partial charge < -0.3 is 19.7 Å². The van der Waals surface area contributed by atoms with Crippen molar-refractivity contribution in [3.8, 4) is 0 Å². The Hall–Kier alpha value is -0.980. The molecule has 0 radical (unpaired) electrons. The highest BCUT2D eigenvalue weighted by Gasteiger charge is 2.14. The largest absolute Gasteiger partial charge is 0.394 e. The Morgan fingerprint density at radius 3 is 3.11 bits per heavy atom. The van der Waals surface area contributed by atoms with Crippen molar-refractivity contribution in [3.63, 3.8) is 0 Å². The summed E-state index contributed by atoms with van der Waals surface area (Å²) in [4.78, 5) is 0. The Kier molecular flexibility index (Phi) is 5.57. The second-order valence-corrected chi connectivity index (χ2v) is 4.51. The monoisotopic (exact) mass is 254 g/mol. The normalized spacial score (nSPS) is 14.7. The fraction of sp³-hybridized carbons (Fsp3) is 0.833. The predicted octanol–water partition coefficient (Wildman–Crippen LogP) is 0.103. The fourth-order valence-corrected chi connectivity index (χ4v) is 2.17. The van der Waals surface area contributed by atoms with Crippen LogP contribution in [-0.2, 0) is 24.2 Å². The SMILES string of the molecule is OCCOCCCNCc1nnc2n1CCCC2. The van der Waals surface area contributed by atoms with Gasteiger partial charge in [-0.25, -0.2) is 0 Å². The van der Waals surface area contributed by atoms with E-state index in [1.54, 1.807) is 0 Å². The summed E-state index contributed by atoms with van der Waals surface area (Å²) in [5.74, 6) is 2.17. The molecule has 0 bridgehead atoms. The molecule has 102 valence electrons. The molecule has 2 rings (SSSR count). The molecule has 0 amide bonds. The molecule has 2 heterocycles. The van der Waals surface area contributed by atoms with Gasteiger partial charge in [0.05, 0.1) is 19.8 Å². The van der Waals surface area contributed by atoms with Crippen molar-refractivity contribution < 1.29 is 9.84 Å². The zero-order chi connectivity index (χ0) is 12.6. The molecule has 0 spiro atoms. The van der Waals surface area contributed by atoms with Gasteiger partial charge in [-0.15, -0.1) is 10.2 Å². The van der Waals surface area contributed by atoms with Crippen LogP contribution in [0.5, 0.6) is 0 Å². The van der Waals surface area contributed by atoms with E-state index in [2.05, 4.69) is 20.1 Å². The van der Waals surface area contributed by atoms with Crippen LogP contribution in [0.3, 0.4) is 0 Å². The fourth-order valence-electron chi connectivity index (χ4n) is 2.17. The number of aliphatic hydroxyl groups is 1. The molecule has 1 aliphatic heterocycles. The van der Waals surface area contributed by atoms with Crippen LogP contribution in [-0.4, -0.2) is 46.2 Å². The summed E-state index contributed by atoms with van der Waals surface area (Å²) >= 11 is 0. The zero-order valence-electron chi connectivity index (χ0n) is 10.8. The van der Waals surface area contributed by atoms with Crippen molar-refractivity contribution in [2.24, 2.45) is 0 Å². The van der Waals surface area contributed by atoms with E-state index in [9.17, 15) is 0 Å². The van der Waals surface area contributed by atoms with E-state index in [1.807, 2.05) is 0 Å². The molecular weight excluding hydrogens is 232 g/mol. The van der Waals surface area contributed by atoms with Crippen LogP contribution in [0.1, 0.15) is 30.9 Å². The number of nitrogens with one attached hydrogen (secondary N) is 1. The second kappa shape index (κ2) is 7.45. The van der Waals surface area contributed by atoms with E-state index in [0.29, 0.717) is 13.2 Å². The maximum absolute atomic E-state index is 8.55. The molecule has 1 aromatic rings. The number of fused-ring (bicyclic) bond motifs is 1. The van der Waals surface area contributed by atoms with Crippen molar-refractivity contribution in [1.29, 1.82) is 0 Å². The van der Waals surface area contributed by atoms with Gasteiger partial charge in [0.1, 0.15) is 11.6 Å². The summed E-state index contributed by atoms with van der Waals surface area (Å²) in [6.07, 6.45) is 4.46. The summed E-state index contributed by atoms with van der Waals surface area (Å²) < 4.78 is 7.42. The minimum atomic E-state index is 0.0965. The molecule has 6 nitrogen and oxygen atoms in total. The third-order valence-corrected chi connectivity index (χ3v) is 3.10. The van der Waals surface area contributed by atoms with E-state index in [0.717, 1.165) is 44.1 Å². The van der Waals surface area contributed by atoms with Crippen molar-refractivity contribution in [1.82, 2.24) is 20.1 Å². The van der Waals surface area contributed by atoms with E-state index < -0.39 is 0 Å². The lowest BCUT2D eigenvalue weighted by atomic mass is 10.2. The average Bonchev–Trinajstić information content (AvgIpc) is 2.81. The minimum Gasteiger partial charge on any atom is -0.394 e. The molecule has 0 aromatic carbocycles. The molecule has 1 aromatic heterocycles. The summed E-state index contributed by atoms with van der Waals surface area (Å²) in [7, 11) is 0. The first-order valence-corrected chi connectivity index (χ1v) is 6.72. The topological polar surface area (TPSA) is 72.2 Å². The number of hydrogen-bond donors (Lipinski definition) is 2. The van der Waals surface area contributed by atoms with Crippen LogP contribution in [0.2, 0.25) is 0 Å². The molecule has 1 aliphatic rings. The standard InChI is InChI=1S/C12H22N4O2/c17-7-9-18-8-3-5-13-10-12-15-14-11-4-1-2-6-16(11)12/h13,17H,1-10H2. The van der Waals surface area contributed by atoms with E-state index in [4.69, 9.17) is 9.84 Å². The molecule has 0 saturated heterocycles. The van der Waals surface area contributed by atoms with Crippen LogP contribution < -0.4 is 5.32 Å². The highest BCUT2D eigenvalue weighted by atomic mass is 16.5. The van der Waals surface area contributed by atoms with Gasteiger partial charge in [-0.3, -0.25) is 0 Å². The molecule has 18 heavy (non-hydrogen) atoms. The van der Waals surface area contributed by atoms with E-state index in [1.165, 1.54) is 12.8 Å². The summed E-state index contributed by atoms with van der Waals surface area (Å²) in [5, 5.41) is 20.3. The highest BCUT2D eigenvalue weighted by molar-refractivity contribution is 4.98. The zero-order valence-corrected chi connectivity index (χ0v) is 10.8. The highest BCUT2D eigenvalue weighted by Crippen LogP contribution is 2.13. The third kappa shape index (κ3) is 3.76. The lowest BCUT2D eigenvalue weighted by Gasteiger charge is -2.14. The van der Waals surface area contributed by atoms with Crippen LogP contribution >= 0.6 is 0 Å². The third-order valence-electron chi connectivity index (χ3n) is 3.10. The van der Waals surface area contributed by atoms with Gasteiger partial charge in [-0.2, -0.15) is 0 Å². The van der Waals surface area contributed by atoms with Gasteiger partial charge in [-0.05, 0) is 25.8 Å². The smallest absolute Gasteiger partial charge is 0.147 e. The molecule has 0 aliphatic carbocycles. The molecule has 0 saturated carbocycles. The number of aliphatic hydroxyl groups excluding tert-OH is 1. The maximum atomic E-state index is 8.55. The van der Waals surface area contributed by atoms with Crippen molar-refractivity contribution in [2.75, 3.05) is 26.4 Å². The number of rotatable bonds is 8. The van der Waals surface area contributed by atoms with E-state index in [-0.39, 0.29) is 6.61 Å². The Labute approximate surface area is 107 Å². The number of aromatic nitrogens is 3. The maximum Gasteiger partial charge on any atom is 0.147 e. The predicted molar refractivity (Wildman–Crippen MR) is 67.2 cm³/mol. The summed E-state index contributed by atoms with van der Waals surface area (Å²) in [6.45, 7) is 3.93. The molecule has 2 N–H and O–H groups in total. The number of ether oxygens (including phenoxy) is 1. The Morgan fingerprint density at radius 1 is 1.28 bits per heavy atom. The van der Waals surface area contributed by atoms with Crippen molar-refractivity contribution in [3.05, 3.63) is 11.6 Å². The molecule has 0 fully saturated rings. The van der Waals surface area contributed by atoms with Crippen LogP contribution in [0.4, 0.5) is 0 Å². The molecule has 0 atom stereocenters. The number of nitrogens with zero attached hydrogens (tertiary/aromatic N) is 3. The van der Waals surface area contributed by atoms with Gasteiger partial charge in [0.15, 0.2) is 0 Å². The van der Waals surface area contributed by atoms with E-state index >= 15 is 0 Å². The second-order valence-electron chi connectivity index (χ2n) is 4.51. The van der Waals surface area contributed by atoms with Gasteiger partial charge in [0.25, 0.3) is 0 Å². The lowest BCUT2D eigenvalue weighted by molar-refractivity contribution is 0.0907. The van der Waals surface area contributed by atoms with Crippen LogP contribution in [0.25, 0.3) is 0 Å². The number of aryl methyl sites for hydroxylation is 1. The van der Waals surface area contributed by atoms with Crippen LogP contribution in [0, 0.1) is 0 Å². The Balaban J connectivity index is 1.63. The average molecular weight is 254 g/mol. The Bertz CT molecular complexity index is 354. The Morgan fingerprint density at radius 2 is 2.22 bits per heavy atom. The summed E-state index contributed by atoms with van der Waals surface area (Å²) in [6, 6.07) is 0. The lowest BCUT2D eigenvalue weighted by Crippen LogP contribution is -2.21. The first kappa shape index (κ1) is 13.5. The van der Waals surface area contributed by atoms with Crippen molar-refractivity contribution >= 4 is 0 Å². The van der Waals surface area contributed by atoms with Gasteiger partial charge >= 0.3 is 0 Å². The first-order chi connectivity index (χ1) is 8.92. The van der Waals surface area contributed by atoms with Crippen molar-refractivity contribution in [2.45, 2.75) is 38.8 Å². The van der Waals surface area contributed by atoms with Gasteiger partial charge in [0.2, 0.25) is 0 Å². The molecule has 0 unspecified atom stereocenters. The minimum absolute atomic E-state index is 0.0965. The van der Waals surface area contributed by atoms with Crippen LogP contribution in [0.15, 0.2) is 0 Å². The van der Waals surface area contributed by atoms with Gasteiger partial charge in [0, 0.05) is 19.6 Å². The summed E-state index contributed by atoms with van der Waals surface area (Å²) in [5.41, 5.74) is 0. The molecule has 6 heteroatoms. The quantitative estimate of drug-likeness (QED) is 0.644. The number of hydrogen-bond acceptors (Lipinski definition) is 5. The van der Waals surface area contributed by atoms with Gasteiger partial charge in [-0.1, -0.05) is 0 Å². The molecular formula is C12H22N4O2. The first-order valence-electron chi connectivity index (χ1n) is 6.72.